The van der Waals surface area contributed by atoms with Crippen LogP contribution in [-0.2, 0) is 9.59 Å². The monoisotopic (exact) mass is 428 g/mol. The second kappa shape index (κ2) is 9.64. The molecule has 6 nitrogen and oxygen atoms in total. The van der Waals surface area contributed by atoms with E-state index in [4.69, 9.17) is 0 Å². The Bertz CT molecular complexity index is 1090. The summed E-state index contributed by atoms with van der Waals surface area (Å²) in [5, 5.41) is 2.77. The fraction of sp³-hybridized carbons (Fsp3) is 0.269. The van der Waals surface area contributed by atoms with E-state index >= 15 is 0 Å². The van der Waals surface area contributed by atoms with Crippen LogP contribution in [0.25, 0.3) is 11.1 Å². The number of hydrogen-bond donors (Lipinski definition) is 1. The van der Waals surface area contributed by atoms with E-state index in [1.807, 2.05) is 55.5 Å². The number of anilines is 2. The Morgan fingerprint density at radius 3 is 2.53 bits per heavy atom. The lowest BCUT2D eigenvalue weighted by Crippen LogP contribution is -2.51. The van der Waals surface area contributed by atoms with Gasteiger partial charge in [-0.05, 0) is 72.9 Å². The minimum absolute atomic E-state index is 0.00184. The Balaban J connectivity index is 1.40. The predicted octanol–water partition coefficient (Wildman–Crippen LogP) is 4.12. The van der Waals surface area contributed by atoms with E-state index in [0.717, 1.165) is 48.3 Å². The zero-order valence-electron chi connectivity index (χ0n) is 18.5. The topological polar surface area (TPSA) is 65.5 Å². The molecule has 6 heteroatoms. The summed E-state index contributed by atoms with van der Waals surface area (Å²) in [6.45, 7) is 3.66. The Kier molecular flexibility index (Phi) is 6.50. The predicted molar refractivity (Wildman–Crippen MR) is 127 cm³/mol. The molecular formula is C26H28N4O2. The number of carbonyl (C=O) groups excluding carboxylic acids is 2. The third-order valence-corrected chi connectivity index (χ3v) is 6.06. The fourth-order valence-corrected chi connectivity index (χ4v) is 4.25. The minimum atomic E-state index is -0.611. The highest BCUT2D eigenvalue weighted by atomic mass is 16.2. The highest BCUT2D eigenvalue weighted by Crippen LogP contribution is 2.26. The second-order valence-corrected chi connectivity index (χ2v) is 8.21. The summed E-state index contributed by atoms with van der Waals surface area (Å²) in [7, 11) is 1.72. The van der Waals surface area contributed by atoms with Gasteiger partial charge in [-0.1, -0.05) is 24.3 Å². The SMILES string of the molecule is Cc1cc(NC(=O)C(=O)N(C)C2CCCN(c3ccccc3)C2)ccc1-c1ccncc1. The summed E-state index contributed by atoms with van der Waals surface area (Å²) < 4.78 is 0. The summed E-state index contributed by atoms with van der Waals surface area (Å²) in [5.41, 5.74) is 4.90. The van der Waals surface area contributed by atoms with Crippen molar-refractivity contribution in [2.24, 2.45) is 0 Å². The Hall–Kier alpha value is -3.67. The lowest BCUT2D eigenvalue weighted by molar-refractivity contribution is -0.143. The number of nitrogens with zero attached hydrogens (tertiary/aromatic N) is 3. The van der Waals surface area contributed by atoms with Gasteiger partial charge >= 0.3 is 11.8 Å². The van der Waals surface area contributed by atoms with E-state index in [1.54, 1.807) is 24.3 Å². The number of likely N-dealkylation sites (N-methyl/N-ethyl adjacent to an activating group) is 1. The Morgan fingerprint density at radius 2 is 1.81 bits per heavy atom. The second-order valence-electron chi connectivity index (χ2n) is 8.21. The number of aryl methyl sites for hydroxylation is 1. The molecular weight excluding hydrogens is 400 g/mol. The van der Waals surface area contributed by atoms with Crippen molar-refractivity contribution in [3.05, 3.63) is 78.6 Å². The van der Waals surface area contributed by atoms with Crippen molar-refractivity contribution in [1.29, 1.82) is 0 Å². The quantitative estimate of drug-likeness (QED) is 0.635. The van der Waals surface area contributed by atoms with E-state index in [2.05, 4.69) is 27.3 Å². The maximum absolute atomic E-state index is 12.9. The van der Waals surface area contributed by atoms with Gasteiger partial charge in [0, 0.05) is 49.9 Å². The lowest BCUT2D eigenvalue weighted by Gasteiger charge is -2.38. The van der Waals surface area contributed by atoms with Gasteiger partial charge in [0.25, 0.3) is 0 Å². The molecule has 2 aromatic carbocycles. The summed E-state index contributed by atoms with van der Waals surface area (Å²) in [4.78, 5) is 33.5. The average Bonchev–Trinajstić information content (AvgIpc) is 2.84. The largest absolute Gasteiger partial charge is 0.369 e. The van der Waals surface area contributed by atoms with Gasteiger partial charge in [0.05, 0.1) is 0 Å². The number of para-hydroxylation sites is 1. The molecule has 0 saturated carbocycles. The molecule has 1 aromatic heterocycles. The molecule has 1 saturated heterocycles. The van der Waals surface area contributed by atoms with Gasteiger partial charge in [-0.2, -0.15) is 0 Å². The van der Waals surface area contributed by atoms with E-state index < -0.39 is 11.8 Å². The van der Waals surface area contributed by atoms with Crippen LogP contribution in [0.1, 0.15) is 18.4 Å². The van der Waals surface area contributed by atoms with Gasteiger partial charge in [0.1, 0.15) is 0 Å². The van der Waals surface area contributed by atoms with E-state index in [0.29, 0.717) is 5.69 Å². The van der Waals surface area contributed by atoms with Crippen LogP contribution in [0.2, 0.25) is 0 Å². The van der Waals surface area contributed by atoms with Crippen LogP contribution in [0, 0.1) is 6.92 Å². The maximum Gasteiger partial charge on any atom is 0.313 e. The van der Waals surface area contributed by atoms with Crippen molar-refractivity contribution in [2.45, 2.75) is 25.8 Å². The van der Waals surface area contributed by atoms with E-state index in [1.165, 1.54) is 0 Å². The number of nitrogens with one attached hydrogen (secondary N) is 1. The number of aromatic nitrogens is 1. The van der Waals surface area contributed by atoms with Crippen LogP contribution in [0.3, 0.4) is 0 Å². The van der Waals surface area contributed by atoms with Gasteiger partial charge in [0.2, 0.25) is 0 Å². The van der Waals surface area contributed by atoms with Gasteiger partial charge in [-0.15, -0.1) is 0 Å². The number of piperidine rings is 1. The first-order valence-corrected chi connectivity index (χ1v) is 10.9. The number of hydrogen-bond acceptors (Lipinski definition) is 4. The number of rotatable bonds is 4. The summed E-state index contributed by atoms with van der Waals surface area (Å²) in [6, 6.07) is 19.7. The molecule has 0 spiro atoms. The number of benzene rings is 2. The number of amides is 2. The fourth-order valence-electron chi connectivity index (χ4n) is 4.25. The molecule has 3 aromatic rings. The van der Waals surface area contributed by atoms with Crippen molar-refractivity contribution in [1.82, 2.24) is 9.88 Å². The molecule has 164 valence electrons. The van der Waals surface area contributed by atoms with Crippen molar-refractivity contribution < 1.29 is 9.59 Å². The standard InChI is InChI=1S/C26H28N4O2/c1-19-17-21(10-11-24(19)20-12-14-27-15-13-20)28-25(31)26(32)29(2)23-9-6-16-30(18-23)22-7-4-3-5-8-22/h3-5,7-8,10-15,17,23H,6,9,16,18H2,1-2H3,(H,28,31). The first-order chi connectivity index (χ1) is 15.5. The molecule has 0 aliphatic carbocycles. The highest BCUT2D eigenvalue weighted by Gasteiger charge is 2.29. The zero-order valence-corrected chi connectivity index (χ0v) is 18.5. The summed E-state index contributed by atoms with van der Waals surface area (Å²) in [5.74, 6) is -1.12. The van der Waals surface area contributed by atoms with Gasteiger partial charge in [0.15, 0.2) is 0 Å². The molecule has 2 amide bonds. The zero-order chi connectivity index (χ0) is 22.5. The Labute approximate surface area is 188 Å². The van der Waals surface area contributed by atoms with Gasteiger partial charge < -0.3 is 15.1 Å². The van der Waals surface area contributed by atoms with Gasteiger partial charge in [-0.25, -0.2) is 0 Å². The van der Waals surface area contributed by atoms with Crippen molar-refractivity contribution in [3.8, 4) is 11.1 Å². The molecule has 1 unspecified atom stereocenters. The third-order valence-electron chi connectivity index (χ3n) is 6.06. The lowest BCUT2D eigenvalue weighted by atomic mass is 10.0. The first-order valence-electron chi connectivity index (χ1n) is 10.9. The molecule has 1 aliphatic heterocycles. The molecule has 4 rings (SSSR count). The molecule has 0 bridgehead atoms. The average molecular weight is 429 g/mol. The molecule has 0 radical (unpaired) electrons. The van der Waals surface area contributed by atoms with Crippen LogP contribution < -0.4 is 10.2 Å². The van der Waals surface area contributed by atoms with Crippen LogP contribution in [-0.4, -0.2) is 47.9 Å². The smallest absolute Gasteiger partial charge is 0.313 e. The highest BCUT2D eigenvalue weighted by molar-refractivity contribution is 6.39. The first kappa shape index (κ1) is 21.6. The van der Waals surface area contributed by atoms with Crippen molar-refractivity contribution >= 4 is 23.2 Å². The van der Waals surface area contributed by atoms with Crippen LogP contribution in [0.5, 0.6) is 0 Å². The van der Waals surface area contributed by atoms with E-state index in [-0.39, 0.29) is 6.04 Å². The molecule has 1 N–H and O–H groups in total. The number of carbonyl (C=O) groups is 2. The summed E-state index contributed by atoms with van der Waals surface area (Å²) in [6.07, 6.45) is 5.37. The molecule has 1 aliphatic rings. The Morgan fingerprint density at radius 1 is 1.06 bits per heavy atom. The summed E-state index contributed by atoms with van der Waals surface area (Å²) >= 11 is 0. The maximum atomic E-state index is 12.9. The minimum Gasteiger partial charge on any atom is -0.369 e. The molecule has 32 heavy (non-hydrogen) atoms. The molecule has 2 heterocycles. The van der Waals surface area contributed by atoms with Crippen LogP contribution in [0.4, 0.5) is 11.4 Å². The molecule has 1 atom stereocenters. The number of pyridine rings is 1. The van der Waals surface area contributed by atoms with Crippen LogP contribution in [0.15, 0.2) is 73.1 Å². The van der Waals surface area contributed by atoms with Crippen molar-refractivity contribution in [2.75, 3.05) is 30.4 Å². The third kappa shape index (κ3) is 4.80. The van der Waals surface area contributed by atoms with Crippen LogP contribution >= 0.6 is 0 Å². The van der Waals surface area contributed by atoms with Gasteiger partial charge in [-0.3, -0.25) is 14.6 Å². The molecule has 1 fully saturated rings. The normalized spacial score (nSPS) is 15.8. The van der Waals surface area contributed by atoms with E-state index in [9.17, 15) is 9.59 Å². The van der Waals surface area contributed by atoms with Crippen molar-refractivity contribution in [3.63, 3.8) is 0 Å².